The molecule has 0 aromatic heterocycles. The molecular formula is C25H35FN4O3. The lowest BCUT2D eigenvalue weighted by molar-refractivity contribution is -0.153. The van der Waals surface area contributed by atoms with Crippen LogP contribution in [0, 0.1) is 11.2 Å². The minimum absolute atomic E-state index is 0.0219. The van der Waals surface area contributed by atoms with Crippen LogP contribution in [0.3, 0.4) is 0 Å². The van der Waals surface area contributed by atoms with Crippen LogP contribution in [0.1, 0.15) is 38.5 Å². The van der Waals surface area contributed by atoms with Crippen LogP contribution >= 0.6 is 0 Å². The Kier molecular flexibility index (Phi) is 6.56. The molecule has 0 radical (unpaired) electrons. The van der Waals surface area contributed by atoms with E-state index in [9.17, 15) is 14.0 Å². The Hall–Kier alpha value is -2.19. The van der Waals surface area contributed by atoms with E-state index in [1.54, 1.807) is 0 Å². The fourth-order valence-electron chi connectivity index (χ4n) is 5.89. The predicted molar refractivity (Wildman–Crippen MR) is 123 cm³/mol. The molecule has 0 bridgehead atoms. The molecule has 4 fully saturated rings. The summed E-state index contributed by atoms with van der Waals surface area (Å²) >= 11 is 0. The first kappa shape index (κ1) is 22.6. The number of esters is 1. The third kappa shape index (κ3) is 4.87. The number of nitrogens with zero attached hydrogens (tertiary/aromatic N) is 3. The highest BCUT2D eigenvalue weighted by molar-refractivity contribution is 5.83. The van der Waals surface area contributed by atoms with Gasteiger partial charge in [0.2, 0.25) is 5.91 Å². The summed E-state index contributed by atoms with van der Waals surface area (Å²) in [6.07, 6.45) is 5.04. The molecule has 0 unspecified atom stereocenters. The van der Waals surface area contributed by atoms with Crippen LogP contribution in [0.5, 0.6) is 0 Å². The lowest BCUT2D eigenvalue weighted by Crippen LogP contribution is -2.50. The molecule has 0 aliphatic carbocycles. The zero-order chi connectivity index (χ0) is 22.8. The van der Waals surface area contributed by atoms with E-state index in [1.807, 2.05) is 17.0 Å². The fourth-order valence-corrected chi connectivity index (χ4v) is 5.89. The van der Waals surface area contributed by atoms with Gasteiger partial charge in [-0.2, -0.15) is 0 Å². The van der Waals surface area contributed by atoms with Crippen molar-refractivity contribution >= 4 is 17.6 Å². The topological polar surface area (TPSA) is 65.1 Å². The zero-order valence-corrected chi connectivity index (χ0v) is 19.3. The second kappa shape index (κ2) is 9.58. The molecule has 1 spiro atoms. The highest BCUT2D eigenvalue weighted by Crippen LogP contribution is 2.44. The summed E-state index contributed by atoms with van der Waals surface area (Å²) < 4.78 is 19.0. The van der Waals surface area contributed by atoms with Gasteiger partial charge in [0.05, 0.1) is 11.5 Å². The number of amides is 1. The van der Waals surface area contributed by atoms with Crippen molar-refractivity contribution in [2.45, 2.75) is 50.7 Å². The number of carbonyl (C=O) groups is 2. The number of carbonyl (C=O) groups excluding carboxylic acids is 2. The molecule has 8 heteroatoms. The van der Waals surface area contributed by atoms with Gasteiger partial charge in [-0.3, -0.25) is 14.5 Å². The standard InChI is InChI=1S/C25H35FN4O3/c26-19-3-5-20(6-4-19)29-16-14-28(15-17-29)11-7-21-18-25(24(32)33-21)8-12-30(13-9-25)23(31)22-2-1-10-27-22/h3-6,21-22,27H,1-2,7-18H2/t21-,22-/m0/s1. The SMILES string of the molecule is O=C([C@@H]1CCCN1)N1CCC2(CC1)C[C@H](CCN1CCN(c3ccc(F)cc3)CC1)OC2=O. The monoisotopic (exact) mass is 458 g/mol. The minimum atomic E-state index is -0.397. The summed E-state index contributed by atoms with van der Waals surface area (Å²) in [5, 5.41) is 3.29. The van der Waals surface area contributed by atoms with Crippen molar-refractivity contribution in [3.8, 4) is 0 Å². The van der Waals surface area contributed by atoms with E-state index < -0.39 is 5.41 Å². The first-order valence-corrected chi connectivity index (χ1v) is 12.5. The van der Waals surface area contributed by atoms with Gasteiger partial charge in [0.25, 0.3) is 0 Å². The number of hydrogen-bond acceptors (Lipinski definition) is 6. The molecule has 180 valence electrons. The quantitative estimate of drug-likeness (QED) is 0.681. The number of hydrogen-bond donors (Lipinski definition) is 1. The number of likely N-dealkylation sites (tertiary alicyclic amines) is 1. The number of piperidine rings is 1. The zero-order valence-electron chi connectivity index (χ0n) is 19.3. The summed E-state index contributed by atoms with van der Waals surface area (Å²) in [6, 6.07) is 6.67. The van der Waals surface area contributed by atoms with Crippen LogP contribution < -0.4 is 10.2 Å². The molecule has 4 heterocycles. The summed E-state index contributed by atoms with van der Waals surface area (Å²) in [6.45, 7) is 6.89. The molecule has 1 aromatic rings. The molecule has 2 atom stereocenters. The molecule has 0 saturated carbocycles. The second-order valence-corrected chi connectivity index (χ2v) is 10.1. The number of halogens is 1. The minimum Gasteiger partial charge on any atom is -0.462 e. The molecule has 1 N–H and O–H groups in total. The lowest BCUT2D eigenvalue weighted by atomic mass is 9.75. The lowest BCUT2D eigenvalue weighted by Gasteiger charge is -2.37. The summed E-state index contributed by atoms with van der Waals surface area (Å²) in [5.41, 5.74) is 0.669. The van der Waals surface area contributed by atoms with Gasteiger partial charge >= 0.3 is 5.97 Å². The third-order valence-electron chi connectivity index (χ3n) is 8.05. The van der Waals surface area contributed by atoms with Crippen LogP contribution in [0.4, 0.5) is 10.1 Å². The molecule has 1 aromatic carbocycles. The van der Waals surface area contributed by atoms with Crippen LogP contribution in [-0.4, -0.2) is 86.2 Å². The maximum Gasteiger partial charge on any atom is 0.312 e. The summed E-state index contributed by atoms with van der Waals surface area (Å²) in [4.78, 5) is 32.1. The molecule has 4 aliphatic heterocycles. The smallest absolute Gasteiger partial charge is 0.312 e. The Morgan fingerprint density at radius 1 is 1.09 bits per heavy atom. The molecule has 33 heavy (non-hydrogen) atoms. The average Bonchev–Trinajstić information content (AvgIpc) is 3.48. The van der Waals surface area contributed by atoms with Gasteiger partial charge in [-0.25, -0.2) is 4.39 Å². The van der Waals surface area contributed by atoms with Crippen molar-refractivity contribution in [1.29, 1.82) is 0 Å². The van der Waals surface area contributed by atoms with Crippen molar-refractivity contribution < 1.29 is 18.7 Å². The number of rotatable bonds is 5. The Balaban J connectivity index is 1.06. The fraction of sp³-hybridized carbons (Fsp3) is 0.680. The van der Waals surface area contributed by atoms with Gasteiger partial charge in [-0.05, 0) is 62.9 Å². The summed E-state index contributed by atoms with van der Waals surface area (Å²) in [5.74, 6) is -0.0610. The van der Waals surface area contributed by atoms with Gasteiger partial charge in [0, 0.05) is 57.9 Å². The first-order chi connectivity index (χ1) is 16.0. The van der Waals surface area contributed by atoms with E-state index in [0.717, 1.165) is 83.5 Å². The highest BCUT2D eigenvalue weighted by atomic mass is 19.1. The number of ether oxygens (including phenoxy) is 1. The molecule has 1 amide bonds. The van der Waals surface area contributed by atoms with E-state index in [-0.39, 0.29) is 29.8 Å². The largest absolute Gasteiger partial charge is 0.462 e. The van der Waals surface area contributed by atoms with Gasteiger partial charge < -0.3 is 19.9 Å². The van der Waals surface area contributed by atoms with Gasteiger partial charge in [-0.1, -0.05) is 0 Å². The van der Waals surface area contributed by atoms with Crippen molar-refractivity contribution in [3.63, 3.8) is 0 Å². The third-order valence-corrected chi connectivity index (χ3v) is 8.05. The van der Waals surface area contributed by atoms with Crippen molar-refractivity contribution in [3.05, 3.63) is 30.1 Å². The molecule has 5 rings (SSSR count). The maximum atomic E-state index is 13.2. The maximum absolute atomic E-state index is 13.2. The molecule has 7 nitrogen and oxygen atoms in total. The number of anilines is 1. The van der Waals surface area contributed by atoms with Crippen molar-refractivity contribution in [1.82, 2.24) is 15.1 Å². The average molecular weight is 459 g/mol. The van der Waals surface area contributed by atoms with Crippen molar-refractivity contribution in [2.75, 3.05) is 57.3 Å². The van der Waals surface area contributed by atoms with Crippen molar-refractivity contribution in [2.24, 2.45) is 5.41 Å². The van der Waals surface area contributed by atoms with E-state index in [0.29, 0.717) is 13.1 Å². The van der Waals surface area contributed by atoms with Gasteiger partial charge in [0.15, 0.2) is 0 Å². The molecular weight excluding hydrogens is 423 g/mol. The van der Waals surface area contributed by atoms with Gasteiger partial charge in [-0.15, -0.1) is 0 Å². The highest BCUT2D eigenvalue weighted by Gasteiger charge is 2.51. The second-order valence-electron chi connectivity index (χ2n) is 10.1. The van der Waals surface area contributed by atoms with E-state index in [2.05, 4.69) is 15.1 Å². The predicted octanol–water partition coefficient (Wildman–Crippen LogP) is 2.01. The van der Waals surface area contributed by atoms with Gasteiger partial charge in [0.1, 0.15) is 11.9 Å². The van der Waals surface area contributed by atoms with Crippen LogP contribution in [0.15, 0.2) is 24.3 Å². The number of benzene rings is 1. The Bertz CT molecular complexity index is 842. The Labute approximate surface area is 195 Å². The molecule has 4 saturated heterocycles. The van der Waals surface area contributed by atoms with Crippen LogP contribution in [-0.2, 0) is 14.3 Å². The van der Waals surface area contributed by atoms with E-state index in [1.165, 1.54) is 12.1 Å². The van der Waals surface area contributed by atoms with E-state index >= 15 is 0 Å². The normalized spacial score (nSPS) is 27.8. The Morgan fingerprint density at radius 2 is 1.82 bits per heavy atom. The number of piperazine rings is 1. The molecule has 4 aliphatic rings. The summed E-state index contributed by atoms with van der Waals surface area (Å²) in [7, 11) is 0. The van der Waals surface area contributed by atoms with Crippen LogP contribution in [0.25, 0.3) is 0 Å². The Morgan fingerprint density at radius 3 is 2.48 bits per heavy atom. The van der Waals surface area contributed by atoms with E-state index in [4.69, 9.17) is 4.74 Å². The first-order valence-electron chi connectivity index (χ1n) is 12.5. The number of cyclic esters (lactones) is 1. The van der Waals surface area contributed by atoms with Crippen LogP contribution in [0.2, 0.25) is 0 Å². The number of nitrogens with one attached hydrogen (secondary N) is 1.